The highest BCUT2D eigenvalue weighted by molar-refractivity contribution is 9.12. The average molecular weight is 277 g/mol. The third-order valence-electron chi connectivity index (χ3n) is 1.65. The van der Waals surface area contributed by atoms with Crippen molar-refractivity contribution in [3.8, 4) is 6.07 Å². The van der Waals surface area contributed by atoms with Crippen LogP contribution in [0.15, 0.2) is 24.3 Å². The van der Waals surface area contributed by atoms with Crippen LogP contribution in [0.4, 0.5) is 0 Å². The Morgan fingerprint density at radius 3 is 2.73 bits per heavy atom. The SMILES string of the molecule is N#CC1C=CC=CC1(Br)CBr. The van der Waals surface area contributed by atoms with Crippen LogP contribution < -0.4 is 0 Å². The van der Waals surface area contributed by atoms with Gasteiger partial charge >= 0.3 is 0 Å². The second kappa shape index (κ2) is 3.55. The third-order valence-corrected chi connectivity index (χ3v) is 4.37. The van der Waals surface area contributed by atoms with Gasteiger partial charge in [-0.05, 0) is 0 Å². The van der Waals surface area contributed by atoms with Crippen molar-refractivity contribution < 1.29 is 0 Å². The van der Waals surface area contributed by atoms with Crippen molar-refractivity contribution in [1.29, 1.82) is 5.26 Å². The molecule has 0 heterocycles. The lowest BCUT2D eigenvalue weighted by atomic mass is 9.91. The molecule has 1 rings (SSSR count). The van der Waals surface area contributed by atoms with Crippen LogP contribution in [0.25, 0.3) is 0 Å². The van der Waals surface area contributed by atoms with Crippen LogP contribution in [-0.4, -0.2) is 9.65 Å². The van der Waals surface area contributed by atoms with Gasteiger partial charge in [0.1, 0.15) is 0 Å². The van der Waals surface area contributed by atoms with Gasteiger partial charge in [0.05, 0.1) is 16.3 Å². The number of halogens is 2. The Bertz CT molecular complexity index is 239. The van der Waals surface area contributed by atoms with Crippen LogP contribution in [0.5, 0.6) is 0 Å². The van der Waals surface area contributed by atoms with Crippen molar-refractivity contribution in [2.45, 2.75) is 4.32 Å². The van der Waals surface area contributed by atoms with E-state index in [1.165, 1.54) is 0 Å². The monoisotopic (exact) mass is 275 g/mol. The second-order valence-corrected chi connectivity index (χ2v) is 4.45. The summed E-state index contributed by atoms with van der Waals surface area (Å²) >= 11 is 6.88. The van der Waals surface area contributed by atoms with Gasteiger partial charge in [0.2, 0.25) is 0 Å². The number of nitriles is 1. The quantitative estimate of drug-likeness (QED) is 0.676. The molecule has 1 aliphatic carbocycles. The Kier molecular flexibility index (Phi) is 2.91. The van der Waals surface area contributed by atoms with Crippen LogP contribution in [0.3, 0.4) is 0 Å². The molecule has 1 aliphatic rings. The number of rotatable bonds is 1. The van der Waals surface area contributed by atoms with Crippen LogP contribution in [0.1, 0.15) is 0 Å². The summed E-state index contributed by atoms with van der Waals surface area (Å²) in [4.78, 5) is 0. The molecule has 0 radical (unpaired) electrons. The smallest absolute Gasteiger partial charge is 0.0843 e. The maximum atomic E-state index is 8.77. The molecular weight excluding hydrogens is 270 g/mol. The lowest BCUT2D eigenvalue weighted by Crippen LogP contribution is -2.30. The number of allylic oxidation sites excluding steroid dienone is 4. The van der Waals surface area contributed by atoms with E-state index < -0.39 is 0 Å². The van der Waals surface area contributed by atoms with Crippen LogP contribution in [0, 0.1) is 17.2 Å². The van der Waals surface area contributed by atoms with E-state index in [2.05, 4.69) is 37.9 Å². The highest BCUT2D eigenvalue weighted by Crippen LogP contribution is 2.34. The van der Waals surface area contributed by atoms with Crippen molar-refractivity contribution >= 4 is 31.9 Å². The van der Waals surface area contributed by atoms with E-state index in [0.29, 0.717) is 0 Å². The van der Waals surface area contributed by atoms with Crippen molar-refractivity contribution in [3.05, 3.63) is 24.3 Å². The Labute approximate surface area is 83.0 Å². The Morgan fingerprint density at radius 1 is 1.55 bits per heavy atom. The molecule has 0 aliphatic heterocycles. The molecule has 0 spiro atoms. The first-order chi connectivity index (χ1) is 5.23. The topological polar surface area (TPSA) is 23.8 Å². The zero-order valence-electron chi connectivity index (χ0n) is 5.80. The molecule has 0 saturated heterocycles. The fraction of sp³-hybridized carbons (Fsp3) is 0.375. The fourth-order valence-electron chi connectivity index (χ4n) is 0.932. The summed E-state index contributed by atoms with van der Waals surface area (Å²) in [7, 11) is 0. The molecular formula is C8H7Br2N. The number of hydrogen-bond acceptors (Lipinski definition) is 1. The molecule has 1 nitrogen and oxygen atoms in total. The first-order valence-electron chi connectivity index (χ1n) is 3.23. The molecule has 0 saturated carbocycles. The van der Waals surface area contributed by atoms with Gasteiger partial charge in [-0.25, -0.2) is 0 Å². The Balaban J connectivity index is 2.88. The van der Waals surface area contributed by atoms with Gasteiger partial charge < -0.3 is 0 Å². The molecule has 0 fully saturated rings. The summed E-state index contributed by atoms with van der Waals surface area (Å²) in [5.41, 5.74) is 0. The zero-order chi connectivity index (χ0) is 8.32. The molecule has 0 bridgehead atoms. The lowest BCUT2D eigenvalue weighted by molar-refractivity contribution is 0.697. The van der Waals surface area contributed by atoms with Crippen molar-refractivity contribution in [1.82, 2.24) is 0 Å². The first-order valence-corrected chi connectivity index (χ1v) is 5.15. The van der Waals surface area contributed by atoms with Gasteiger partial charge in [-0.3, -0.25) is 0 Å². The summed E-state index contributed by atoms with van der Waals surface area (Å²) in [6, 6.07) is 2.23. The van der Waals surface area contributed by atoms with E-state index in [1.54, 1.807) is 0 Å². The van der Waals surface area contributed by atoms with E-state index in [-0.39, 0.29) is 10.2 Å². The van der Waals surface area contributed by atoms with Crippen LogP contribution in [0.2, 0.25) is 0 Å². The Hall–Kier alpha value is -0.0700. The predicted molar refractivity (Wildman–Crippen MR) is 52.8 cm³/mol. The third kappa shape index (κ3) is 1.74. The molecule has 0 aromatic rings. The molecule has 0 aromatic heterocycles. The van der Waals surface area contributed by atoms with Gasteiger partial charge in [0, 0.05) is 5.33 Å². The maximum absolute atomic E-state index is 8.77. The number of nitrogens with zero attached hydrogens (tertiary/aromatic N) is 1. The first kappa shape index (κ1) is 9.02. The van der Waals surface area contributed by atoms with Crippen LogP contribution >= 0.6 is 31.9 Å². The highest BCUT2D eigenvalue weighted by atomic mass is 79.9. The van der Waals surface area contributed by atoms with Gasteiger partial charge in [-0.1, -0.05) is 56.2 Å². The van der Waals surface area contributed by atoms with Crippen molar-refractivity contribution in [2.75, 3.05) is 5.33 Å². The largest absolute Gasteiger partial charge is 0.198 e. The van der Waals surface area contributed by atoms with E-state index in [4.69, 9.17) is 5.26 Å². The van der Waals surface area contributed by atoms with Gasteiger partial charge in [0.25, 0.3) is 0 Å². The Morgan fingerprint density at radius 2 is 2.27 bits per heavy atom. The summed E-state index contributed by atoms with van der Waals surface area (Å²) < 4.78 is -0.212. The van der Waals surface area contributed by atoms with Crippen LogP contribution in [-0.2, 0) is 0 Å². The summed E-state index contributed by atoms with van der Waals surface area (Å²) in [6.45, 7) is 0. The minimum Gasteiger partial charge on any atom is -0.198 e. The molecule has 0 amide bonds. The van der Waals surface area contributed by atoms with E-state index >= 15 is 0 Å². The van der Waals surface area contributed by atoms with E-state index in [9.17, 15) is 0 Å². The zero-order valence-corrected chi connectivity index (χ0v) is 8.97. The predicted octanol–water partition coefficient (Wildman–Crippen LogP) is 2.78. The lowest BCUT2D eigenvalue weighted by Gasteiger charge is -2.26. The molecule has 3 heteroatoms. The fourth-order valence-corrected chi connectivity index (χ4v) is 1.88. The molecule has 2 unspecified atom stereocenters. The summed E-state index contributed by atoms with van der Waals surface area (Å²) in [5.74, 6) is -0.0770. The second-order valence-electron chi connectivity index (χ2n) is 2.41. The molecule has 0 N–H and O–H groups in total. The number of hydrogen-bond donors (Lipinski definition) is 0. The average Bonchev–Trinajstić information content (AvgIpc) is 2.05. The normalized spacial score (nSPS) is 35.2. The molecule has 0 aromatic carbocycles. The van der Waals surface area contributed by atoms with E-state index in [0.717, 1.165) is 5.33 Å². The van der Waals surface area contributed by atoms with Gasteiger partial charge in [0.15, 0.2) is 0 Å². The van der Waals surface area contributed by atoms with Crippen molar-refractivity contribution in [2.24, 2.45) is 5.92 Å². The molecule has 2 atom stereocenters. The van der Waals surface area contributed by atoms with Gasteiger partial charge in [-0.15, -0.1) is 0 Å². The summed E-state index contributed by atoms with van der Waals surface area (Å²) in [6.07, 6.45) is 7.74. The molecule has 58 valence electrons. The van der Waals surface area contributed by atoms with Gasteiger partial charge in [-0.2, -0.15) is 5.26 Å². The number of alkyl halides is 2. The van der Waals surface area contributed by atoms with E-state index in [1.807, 2.05) is 24.3 Å². The minimum absolute atomic E-state index is 0.0770. The molecule has 11 heavy (non-hydrogen) atoms. The van der Waals surface area contributed by atoms with Crippen molar-refractivity contribution in [3.63, 3.8) is 0 Å². The summed E-state index contributed by atoms with van der Waals surface area (Å²) in [5, 5.41) is 9.52. The minimum atomic E-state index is -0.212. The maximum Gasteiger partial charge on any atom is 0.0843 e. The standard InChI is InChI=1S/C8H7Br2N/c9-6-8(10)4-2-1-3-7(8)5-11/h1-4,7H,6H2. The highest BCUT2D eigenvalue weighted by Gasteiger charge is 2.32.